The number of alkyl halides is 3. The van der Waals surface area contributed by atoms with Crippen LogP contribution in [0.25, 0.3) is 0 Å². The highest BCUT2D eigenvalue weighted by molar-refractivity contribution is 9.10. The fourth-order valence-electron chi connectivity index (χ4n) is 2.12. The van der Waals surface area contributed by atoms with E-state index in [9.17, 15) is 13.2 Å². The van der Waals surface area contributed by atoms with Gasteiger partial charge < -0.3 is 5.32 Å². The van der Waals surface area contributed by atoms with Gasteiger partial charge in [0.15, 0.2) is 0 Å². The van der Waals surface area contributed by atoms with Gasteiger partial charge in [-0.2, -0.15) is 13.2 Å². The first-order valence-corrected chi connectivity index (χ1v) is 7.29. The van der Waals surface area contributed by atoms with Crippen molar-refractivity contribution in [2.75, 3.05) is 7.05 Å². The van der Waals surface area contributed by atoms with Crippen molar-refractivity contribution in [1.82, 2.24) is 5.32 Å². The number of hydrogen-bond acceptors (Lipinski definition) is 1. The predicted molar refractivity (Wildman–Crippen MR) is 81.5 cm³/mol. The second kappa shape index (κ2) is 6.38. The summed E-state index contributed by atoms with van der Waals surface area (Å²) in [7, 11) is 1.70. The van der Waals surface area contributed by atoms with Crippen LogP contribution < -0.4 is 5.32 Å². The van der Waals surface area contributed by atoms with Gasteiger partial charge in [0, 0.05) is 9.50 Å². The predicted octanol–water partition coefficient (Wildman–Crippen LogP) is 5.43. The molecule has 0 heterocycles. The van der Waals surface area contributed by atoms with Crippen molar-refractivity contribution >= 4 is 27.5 Å². The van der Waals surface area contributed by atoms with E-state index in [1.165, 1.54) is 6.07 Å². The minimum Gasteiger partial charge on any atom is -0.309 e. The average Bonchev–Trinajstić information content (AvgIpc) is 2.42. The third-order valence-electron chi connectivity index (χ3n) is 3.12. The Hall–Kier alpha value is -1.04. The monoisotopic (exact) mass is 377 g/mol. The largest absolute Gasteiger partial charge is 0.417 e. The van der Waals surface area contributed by atoms with Crippen molar-refractivity contribution < 1.29 is 13.2 Å². The Kier molecular flexibility index (Phi) is 4.96. The minimum absolute atomic E-state index is 0.0321. The molecule has 0 saturated carbocycles. The lowest BCUT2D eigenvalue weighted by molar-refractivity contribution is -0.138. The van der Waals surface area contributed by atoms with Crippen LogP contribution >= 0.6 is 27.5 Å². The van der Waals surface area contributed by atoms with Gasteiger partial charge in [0.1, 0.15) is 0 Å². The highest BCUT2D eigenvalue weighted by Crippen LogP contribution is 2.37. The highest BCUT2D eigenvalue weighted by atomic mass is 79.9. The molecule has 2 rings (SSSR count). The van der Waals surface area contributed by atoms with Crippen LogP contribution in [0, 0.1) is 0 Å². The lowest BCUT2D eigenvalue weighted by Crippen LogP contribution is -2.18. The van der Waals surface area contributed by atoms with Crippen molar-refractivity contribution in [3.8, 4) is 0 Å². The summed E-state index contributed by atoms with van der Waals surface area (Å²) in [6.45, 7) is 0. The maximum atomic E-state index is 13.0. The van der Waals surface area contributed by atoms with Crippen molar-refractivity contribution in [3.63, 3.8) is 0 Å². The van der Waals surface area contributed by atoms with Gasteiger partial charge in [0.2, 0.25) is 0 Å². The molecule has 1 N–H and O–H groups in total. The summed E-state index contributed by atoms with van der Waals surface area (Å²) in [6, 6.07) is 10.9. The maximum absolute atomic E-state index is 13.0. The van der Waals surface area contributed by atoms with E-state index in [1.807, 2.05) is 0 Å². The van der Waals surface area contributed by atoms with Crippen LogP contribution in [0.15, 0.2) is 46.9 Å². The molecule has 6 heteroatoms. The van der Waals surface area contributed by atoms with Gasteiger partial charge in [-0.3, -0.25) is 0 Å². The van der Waals surface area contributed by atoms with Crippen LogP contribution in [-0.2, 0) is 6.18 Å². The van der Waals surface area contributed by atoms with Crippen molar-refractivity contribution in [2.45, 2.75) is 12.2 Å². The summed E-state index contributed by atoms with van der Waals surface area (Å²) in [5, 5.41) is 3.61. The van der Waals surface area contributed by atoms with E-state index in [0.29, 0.717) is 10.6 Å². The van der Waals surface area contributed by atoms with E-state index < -0.39 is 11.7 Å². The smallest absolute Gasteiger partial charge is 0.309 e. The zero-order valence-electron chi connectivity index (χ0n) is 11.0. The first kappa shape index (κ1) is 16.3. The zero-order valence-corrected chi connectivity index (χ0v) is 13.4. The first-order valence-electron chi connectivity index (χ1n) is 6.12. The average molecular weight is 379 g/mol. The van der Waals surface area contributed by atoms with Crippen LogP contribution in [0.1, 0.15) is 22.7 Å². The highest BCUT2D eigenvalue weighted by Gasteiger charge is 2.33. The normalized spacial score (nSPS) is 13.2. The number of halogens is 5. The van der Waals surface area contributed by atoms with Crippen LogP contribution in [0.4, 0.5) is 13.2 Å². The van der Waals surface area contributed by atoms with E-state index in [1.54, 1.807) is 37.4 Å². The molecular weight excluding hydrogens is 367 g/mol. The second-order valence-electron chi connectivity index (χ2n) is 4.51. The van der Waals surface area contributed by atoms with Gasteiger partial charge in [-0.25, -0.2) is 0 Å². The SMILES string of the molecule is CNC(c1ccc(Cl)cc1)c1ccc(Br)c(C(F)(F)F)c1. The minimum atomic E-state index is -4.40. The molecule has 0 amide bonds. The van der Waals surface area contributed by atoms with E-state index in [4.69, 9.17) is 11.6 Å². The Morgan fingerprint density at radius 1 is 1.05 bits per heavy atom. The molecule has 0 aliphatic rings. The Morgan fingerprint density at radius 3 is 2.14 bits per heavy atom. The number of rotatable bonds is 3. The summed E-state index contributed by atoms with van der Waals surface area (Å²) < 4.78 is 39.0. The Morgan fingerprint density at radius 2 is 1.62 bits per heavy atom. The molecule has 21 heavy (non-hydrogen) atoms. The standard InChI is InChI=1S/C15H12BrClF3N/c1-21-14(9-2-5-11(17)6-3-9)10-4-7-13(16)12(8-10)15(18,19)20/h2-8,14,21H,1H3. The Labute approximate surface area is 134 Å². The molecule has 0 aliphatic carbocycles. The van der Waals surface area contributed by atoms with Crippen molar-refractivity contribution in [2.24, 2.45) is 0 Å². The molecule has 0 bridgehead atoms. The van der Waals surface area contributed by atoms with E-state index in [2.05, 4.69) is 21.2 Å². The molecule has 2 aromatic carbocycles. The molecule has 1 nitrogen and oxygen atoms in total. The van der Waals surface area contributed by atoms with Gasteiger partial charge >= 0.3 is 6.18 Å². The molecule has 2 aromatic rings. The number of nitrogens with one attached hydrogen (secondary N) is 1. The van der Waals surface area contributed by atoms with E-state index in [0.717, 1.165) is 11.6 Å². The molecule has 0 fully saturated rings. The number of benzene rings is 2. The third-order valence-corrected chi connectivity index (χ3v) is 4.06. The molecule has 0 radical (unpaired) electrons. The van der Waals surface area contributed by atoms with Crippen LogP contribution in [0.3, 0.4) is 0 Å². The molecule has 1 unspecified atom stereocenters. The molecule has 0 aliphatic heterocycles. The van der Waals surface area contributed by atoms with Crippen LogP contribution in [-0.4, -0.2) is 7.05 Å². The van der Waals surface area contributed by atoms with Crippen LogP contribution in [0.2, 0.25) is 5.02 Å². The topological polar surface area (TPSA) is 12.0 Å². The molecule has 1 atom stereocenters. The van der Waals surface area contributed by atoms with Crippen LogP contribution in [0.5, 0.6) is 0 Å². The first-order chi connectivity index (χ1) is 9.82. The quantitative estimate of drug-likeness (QED) is 0.751. The van der Waals surface area contributed by atoms with Crippen molar-refractivity contribution in [1.29, 1.82) is 0 Å². The summed E-state index contributed by atoms with van der Waals surface area (Å²) >= 11 is 8.78. The van der Waals surface area contributed by atoms with Gasteiger partial charge in [0.05, 0.1) is 11.6 Å². The van der Waals surface area contributed by atoms with Gasteiger partial charge in [-0.15, -0.1) is 0 Å². The van der Waals surface area contributed by atoms with Gasteiger partial charge in [0.25, 0.3) is 0 Å². The molecule has 0 aromatic heterocycles. The van der Waals surface area contributed by atoms with Crippen molar-refractivity contribution in [3.05, 3.63) is 68.7 Å². The van der Waals surface area contributed by atoms with E-state index in [-0.39, 0.29) is 10.5 Å². The summed E-state index contributed by atoms with van der Waals surface area (Å²) in [6.07, 6.45) is -4.40. The lowest BCUT2D eigenvalue weighted by Gasteiger charge is -2.19. The summed E-state index contributed by atoms with van der Waals surface area (Å²) in [5.41, 5.74) is 0.696. The fourth-order valence-corrected chi connectivity index (χ4v) is 2.72. The molecule has 112 valence electrons. The fraction of sp³-hybridized carbons (Fsp3) is 0.200. The van der Waals surface area contributed by atoms with E-state index >= 15 is 0 Å². The summed E-state index contributed by atoms with van der Waals surface area (Å²) in [5.74, 6) is 0. The molecule has 0 saturated heterocycles. The third kappa shape index (κ3) is 3.78. The Balaban J connectivity index is 2.46. The maximum Gasteiger partial charge on any atom is 0.417 e. The zero-order chi connectivity index (χ0) is 15.6. The lowest BCUT2D eigenvalue weighted by atomic mass is 9.97. The summed E-state index contributed by atoms with van der Waals surface area (Å²) in [4.78, 5) is 0. The van der Waals surface area contributed by atoms with Gasteiger partial charge in [-0.1, -0.05) is 45.7 Å². The second-order valence-corrected chi connectivity index (χ2v) is 5.80. The Bertz CT molecular complexity index is 626. The number of hydrogen-bond donors (Lipinski definition) is 1. The molecule has 0 spiro atoms. The van der Waals surface area contributed by atoms with Gasteiger partial charge in [-0.05, 0) is 42.4 Å². The molecular formula is C15H12BrClF3N.